The molecule has 164 valence electrons. The highest BCUT2D eigenvalue weighted by molar-refractivity contribution is 9.10. The van der Waals surface area contributed by atoms with E-state index in [9.17, 15) is 4.79 Å². The van der Waals surface area contributed by atoms with Crippen LogP contribution in [0.1, 0.15) is 10.6 Å². The van der Waals surface area contributed by atoms with Gasteiger partial charge < -0.3 is 18.9 Å². The lowest BCUT2D eigenvalue weighted by Gasteiger charge is -2.03. The van der Waals surface area contributed by atoms with E-state index in [0.29, 0.717) is 28.4 Å². The number of nitrogens with one attached hydrogen (secondary N) is 1. The highest BCUT2D eigenvalue weighted by Crippen LogP contribution is 2.32. The van der Waals surface area contributed by atoms with E-state index < -0.39 is 0 Å². The van der Waals surface area contributed by atoms with Crippen molar-refractivity contribution in [2.45, 2.75) is 0 Å². The number of halogens is 2. The van der Waals surface area contributed by atoms with E-state index in [-0.39, 0.29) is 11.7 Å². The number of carbonyl (C=O) groups excluding carboxylic acids is 1. The molecule has 1 amide bonds. The Morgan fingerprint density at radius 1 is 0.909 bits per heavy atom. The van der Waals surface area contributed by atoms with E-state index >= 15 is 0 Å². The maximum Gasteiger partial charge on any atom is 0.291 e. The van der Waals surface area contributed by atoms with Gasteiger partial charge in [0, 0.05) is 21.3 Å². The molecule has 0 spiro atoms. The van der Waals surface area contributed by atoms with Gasteiger partial charge in [-0.3, -0.25) is 4.79 Å². The molecule has 1 N–H and O–H groups in total. The Kier molecular flexibility index (Phi) is 5.78. The Balaban J connectivity index is 1.36. The molecule has 0 aliphatic heterocycles. The number of hydrogen-bond donors (Lipinski definition) is 1. The first-order valence-electron chi connectivity index (χ1n) is 9.92. The van der Waals surface area contributed by atoms with Gasteiger partial charge in [0.25, 0.3) is 5.91 Å². The maximum absolute atomic E-state index is 12.7. The SMILES string of the molecule is COc1ccc(-c2nc3cc(NC(=O)c4ccc(-c5ccc(Br)cc5)o4)ccc3o2)cc1Br. The van der Waals surface area contributed by atoms with Crippen LogP contribution in [-0.4, -0.2) is 18.0 Å². The zero-order valence-corrected chi connectivity index (χ0v) is 20.4. The van der Waals surface area contributed by atoms with E-state index in [1.165, 1.54) is 0 Å². The number of hydrogen-bond acceptors (Lipinski definition) is 5. The summed E-state index contributed by atoms with van der Waals surface area (Å²) in [6, 6.07) is 22.0. The third-order valence-corrected chi connectivity index (χ3v) is 6.15. The second-order valence-electron chi connectivity index (χ2n) is 7.18. The Morgan fingerprint density at radius 3 is 2.45 bits per heavy atom. The van der Waals surface area contributed by atoms with Crippen LogP contribution in [0.25, 0.3) is 33.9 Å². The quantitative estimate of drug-likeness (QED) is 0.237. The van der Waals surface area contributed by atoms with Crippen LogP contribution in [0.3, 0.4) is 0 Å². The second-order valence-corrected chi connectivity index (χ2v) is 8.95. The zero-order chi connectivity index (χ0) is 22.9. The summed E-state index contributed by atoms with van der Waals surface area (Å²) in [5, 5.41) is 2.85. The lowest BCUT2D eigenvalue weighted by atomic mass is 10.2. The number of methoxy groups -OCH3 is 1. The van der Waals surface area contributed by atoms with E-state index in [4.69, 9.17) is 13.6 Å². The van der Waals surface area contributed by atoms with Gasteiger partial charge in [-0.15, -0.1) is 0 Å². The van der Waals surface area contributed by atoms with Crippen molar-refractivity contribution in [1.82, 2.24) is 4.98 Å². The summed E-state index contributed by atoms with van der Waals surface area (Å²) in [6.07, 6.45) is 0. The largest absolute Gasteiger partial charge is 0.496 e. The van der Waals surface area contributed by atoms with E-state index in [1.807, 2.05) is 42.5 Å². The number of benzene rings is 3. The van der Waals surface area contributed by atoms with Crippen molar-refractivity contribution in [3.05, 3.63) is 87.5 Å². The Bertz CT molecular complexity index is 1470. The average Bonchev–Trinajstić information content (AvgIpc) is 3.47. The summed E-state index contributed by atoms with van der Waals surface area (Å²) in [7, 11) is 1.61. The number of rotatable bonds is 5. The van der Waals surface area contributed by atoms with Crippen LogP contribution in [0.15, 0.2) is 90.6 Å². The van der Waals surface area contributed by atoms with Gasteiger partial charge >= 0.3 is 0 Å². The smallest absolute Gasteiger partial charge is 0.291 e. The molecule has 0 aliphatic carbocycles. The number of furan rings is 1. The molecule has 0 fully saturated rings. The van der Waals surface area contributed by atoms with Crippen molar-refractivity contribution < 1.29 is 18.4 Å². The molecule has 0 bridgehead atoms. The molecule has 8 heteroatoms. The number of oxazole rings is 1. The predicted octanol–water partition coefficient (Wildman–Crippen LogP) is 7.54. The first-order chi connectivity index (χ1) is 16.0. The average molecular weight is 568 g/mol. The molecule has 6 nitrogen and oxygen atoms in total. The van der Waals surface area contributed by atoms with Crippen LogP contribution in [0.2, 0.25) is 0 Å². The molecular weight excluding hydrogens is 552 g/mol. The maximum atomic E-state index is 12.7. The van der Waals surface area contributed by atoms with Crippen LogP contribution in [-0.2, 0) is 0 Å². The van der Waals surface area contributed by atoms with Crippen molar-refractivity contribution in [3.63, 3.8) is 0 Å². The molecular formula is C25H16Br2N2O4. The van der Waals surface area contributed by atoms with Crippen molar-refractivity contribution in [3.8, 4) is 28.5 Å². The molecule has 3 aromatic carbocycles. The van der Waals surface area contributed by atoms with Crippen LogP contribution in [0.5, 0.6) is 5.75 Å². The van der Waals surface area contributed by atoms with Gasteiger partial charge in [0.05, 0.1) is 11.6 Å². The first-order valence-corrected chi connectivity index (χ1v) is 11.5. The molecule has 2 aromatic heterocycles. The standard InChI is InChI=1S/C25H16Br2N2O4/c1-31-21-8-4-15(12-18(21)27)25-29-19-13-17(7-9-22(19)33-25)28-24(30)23-11-10-20(32-23)14-2-5-16(26)6-3-14/h2-13H,1H3,(H,28,30). The lowest BCUT2D eigenvalue weighted by Crippen LogP contribution is -2.10. The number of ether oxygens (including phenoxy) is 1. The van der Waals surface area contributed by atoms with Gasteiger partial charge in [-0.2, -0.15) is 0 Å². The molecule has 5 aromatic rings. The minimum atomic E-state index is -0.347. The number of anilines is 1. The van der Waals surface area contributed by atoms with E-state index in [1.54, 1.807) is 37.4 Å². The lowest BCUT2D eigenvalue weighted by molar-refractivity contribution is 0.0997. The van der Waals surface area contributed by atoms with Gasteiger partial charge in [0.15, 0.2) is 11.3 Å². The molecule has 0 aliphatic rings. The van der Waals surface area contributed by atoms with Crippen LogP contribution in [0, 0.1) is 0 Å². The molecule has 0 saturated carbocycles. The number of amides is 1. The zero-order valence-electron chi connectivity index (χ0n) is 17.3. The molecule has 0 saturated heterocycles. The van der Waals surface area contributed by atoms with E-state index in [2.05, 4.69) is 42.2 Å². The topological polar surface area (TPSA) is 77.5 Å². The normalized spacial score (nSPS) is 11.0. The predicted molar refractivity (Wildman–Crippen MR) is 133 cm³/mol. The Labute approximate surface area is 205 Å². The minimum Gasteiger partial charge on any atom is -0.496 e. The second kappa shape index (κ2) is 8.88. The fraction of sp³-hybridized carbons (Fsp3) is 0.0400. The van der Waals surface area contributed by atoms with Gasteiger partial charge in [0.2, 0.25) is 5.89 Å². The highest BCUT2D eigenvalue weighted by atomic mass is 79.9. The fourth-order valence-electron chi connectivity index (χ4n) is 3.35. The molecule has 33 heavy (non-hydrogen) atoms. The number of carbonyl (C=O) groups is 1. The highest BCUT2D eigenvalue weighted by Gasteiger charge is 2.15. The number of fused-ring (bicyclic) bond motifs is 1. The fourth-order valence-corrected chi connectivity index (χ4v) is 4.15. The summed E-state index contributed by atoms with van der Waals surface area (Å²) < 4.78 is 18.7. The number of nitrogens with zero attached hydrogens (tertiary/aromatic N) is 1. The summed E-state index contributed by atoms with van der Waals surface area (Å²) in [6.45, 7) is 0. The van der Waals surface area contributed by atoms with E-state index in [0.717, 1.165) is 25.8 Å². The minimum absolute atomic E-state index is 0.219. The summed E-state index contributed by atoms with van der Waals surface area (Å²) in [4.78, 5) is 17.3. The third-order valence-electron chi connectivity index (χ3n) is 5.00. The van der Waals surface area contributed by atoms with Gasteiger partial charge in [-0.1, -0.05) is 28.1 Å². The Morgan fingerprint density at radius 2 is 1.70 bits per heavy atom. The number of aromatic nitrogens is 1. The van der Waals surface area contributed by atoms with Gasteiger partial charge in [-0.05, 0) is 76.6 Å². The van der Waals surface area contributed by atoms with Crippen LogP contribution >= 0.6 is 31.9 Å². The van der Waals surface area contributed by atoms with Crippen LogP contribution in [0.4, 0.5) is 5.69 Å². The van der Waals surface area contributed by atoms with Crippen molar-refractivity contribution in [1.29, 1.82) is 0 Å². The molecule has 0 unspecified atom stereocenters. The van der Waals surface area contributed by atoms with Crippen molar-refractivity contribution in [2.24, 2.45) is 0 Å². The molecule has 0 radical (unpaired) electrons. The monoisotopic (exact) mass is 566 g/mol. The van der Waals surface area contributed by atoms with Crippen LogP contribution < -0.4 is 10.1 Å². The summed E-state index contributed by atoms with van der Waals surface area (Å²) in [5.41, 5.74) is 3.53. The molecule has 5 rings (SSSR count). The summed E-state index contributed by atoms with van der Waals surface area (Å²) in [5.74, 6) is 1.69. The molecule has 0 atom stereocenters. The van der Waals surface area contributed by atoms with Gasteiger partial charge in [-0.25, -0.2) is 4.98 Å². The Hall–Kier alpha value is -3.36. The molecule has 2 heterocycles. The van der Waals surface area contributed by atoms with Gasteiger partial charge in [0.1, 0.15) is 17.0 Å². The first kappa shape index (κ1) is 21.5. The van der Waals surface area contributed by atoms with Crippen molar-refractivity contribution in [2.75, 3.05) is 12.4 Å². The van der Waals surface area contributed by atoms with Crippen molar-refractivity contribution >= 4 is 54.6 Å². The summed E-state index contributed by atoms with van der Waals surface area (Å²) >= 11 is 6.89. The third kappa shape index (κ3) is 4.44.